The molecule has 0 saturated carbocycles. The van der Waals surface area contributed by atoms with Crippen molar-refractivity contribution in [3.8, 4) is 0 Å². The van der Waals surface area contributed by atoms with Gasteiger partial charge in [-0.15, -0.1) is 0 Å². The number of piperidine rings is 1. The van der Waals surface area contributed by atoms with Crippen LogP contribution in [0.25, 0.3) is 0 Å². The molecule has 1 fully saturated rings. The summed E-state index contributed by atoms with van der Waals surface area (Å²) in [6, 6.07) is 8.39. The van der Waals surface area contributed by atoms with E-state index in [0.717, 1.165) is 31.1 Å². The van der Waals surface area contributed by atoms with E-state index in [1.807, 2.05) is 18.2 Å². The number of hydrazone groups is 1. The van der Waals surface area contributed by atoms with Gasteiger partial charge in [-0.1, -0.05) is 30.7 Å². The summed E-state index contributed by atoms with van der Waals surface area (Å²) in [7, 11) is 0. The number of likely N-dealkylation sites (tertiary alicyclic amines) is 1. The van der Waals surface area contributed by atoms with Crippen LogP contribution >= 0.6 is 11.6 Å². The van der Waals surface area contributed by atoms with Crippen LogP contribution in [0.4, 0.5) is 0 Å². The summed E-state index contributed by atoms with van der Waals surface area (Å²) < 4.78 is 0. The van der Waals surface area contributed by atoms with Crippen LogP contribution in [0.1, 0.15) is 24.9 Å². The lowest BCUT2D eigenvalue weighted by Crippen LogP contribution is -2.41. The Hall–Kier alpha value is -1.06. The van der Waals surface area contributed by atoms with Crippen LogP contribution in [-0.4, -0.2) is 30.2 Å². The quantitative estimate of drug-likeness (QED) is 0.888. The molecule has 2 aliphatic rings. The van der Waals surface area contributed by atoms with Crippen LogP contribution in [0.15, 0.2) is 29.4 Å². The predicted molar refractivity (Wildman–Crippen MR) is 75.0 cm³/mol. The molecule has 1 saturated heterocycles. The van der Waals surface area contributed by atoms with Crippen LogP contribution in [-0.2, 0) is 0 Å². The molecule has 2 heterocycles. The van der Waals surface area contributed by atoms with Gasteiger partial charge in [0.15, 0.2) is 0 Å². The number of hydrogen-bond donors (Lipinski definition) is 1. The highest BCUT2D eigenvalue weighted by molar-refractivity contribution is 6.30. The smallest absolute Gasteiger partial charge is 0.0783 e. The van der Waals surface area contributed by atoms with Crippen LogP contribution in [0.5, 0.6) is 0 Å². The van der Waals surface area contributed by atoms with Crippen molar-refractivity contribution in [3.63, 3.8) is 0 Å². The molecule has 0 radical (unpaired) electrons. The second kappa shape index (κ2) is 4.90. The van der Waals surface area contributed by atoms with Gasteiger partial charge in [-0.25, -0.2) is 0 Å². The summed E-state index contributed by atoms with van der Waals surface area (Å²) in [5, 5.41) is 5.31. The first-order valence-electron chi connectivity index (χ1n) is 6.57. The van der Waals surface area contributed by atoms with Gasteiger partial charge >= 0.3 is 0 Å². The lowest BCUT2D eigenvalue weighted by atomic mass is 9.86. The Morgan fingerprint density at radius 3 is 3.17 bits per heavy atom. The first-order valence-corrected chi connectivity index (χ1v) is 6.95. The number of nitrogens with zero attached hydrogens (tertiary/aromatic N) is 2. The van der Waals surface area contributed by atoms with E-state index in [9.17, 15) is 0 Å². The average molecular weight is 264 g/mol. The van der Waals surface area contributed by atoms with E-state index in [2.05, 4.69) is 28.4 Å². The Kier molecular flexibility index (Phi) is 3.27. The minimum atomic E-state index is 0.285. The SMILES string of the molecule is CCN1CCC2=NNC(c3cccc(Cl)c3)C2C1. The fourth-order valence-electron chi connectivity index (χ4n) is 2.91. The maximum Gasteiger partial charge on any atom is 0.0783 e. The summed E-state index contributed by atoms with van der Waals surface area (Å²) in [5.41, 5.74) is 5.85. The zero-order chi connectivity index (χ0) is 12.5. The summed E-state index contributed by atoms with van der Waals surface area (Å²) in [5.74, 6) is 0.497. The third kappa shape index (κ3) is 2.13. The van der Waals surface area contributed by atoms with Gasteiger partial charge in [-0.05, 0) is 24.2 Å². The molecule has 0 aliphatic carbocycles. The highest BCUT2D eigenvalue weighted by atomic mass is 35.5. The Morgan fingerprint density at radius 1 is 1.50 bits per heavy atom. The molecule has 4 heteroatoms. The Balaban J connectivity index is 1.83. The molecule has 0 bridgehead atoms. The number of nitrogens with one attached hydrogen (secondary N) is 1. The second-order valence-electron chi connectivity index (χ2n) is 5.01. The molecule has 96 valence electrons. The van der Waals surface area contributed by atoms with Gasteiger partial charge in [0, 0.05) is 36.2 Å². The fourth-order valence-corrected chi connectivity index (χ4v) is 3.10. The third-order valence-corrected chi connectivity index (χ3v) is 4.21. The van der Waals surface area contributed by atoms with Crippen molar-refractivity contribution < 1.29 is 0 Å². The molecule has 3 nitrogen and oxygen atoms in total. The maximum absolute atomic E-state index is 6.08. The van der Waals surface area contributed by atoms with Gasteiger partial charge in [-0.2, -0.15) is 5.10 Å². The molecule has 2 atom stereocenters. The molecule has 18 heavy (non-hydrogen) atoms. The number of rotatable bonds is 2. The van der Waals surface area contributed by atoms with Gasteiger partial charge in [0.2, 0.25) is 0 Å². The van der Waals surface area contributed by atoms with Gasteiger partial charge < -0.3 is 10.3 Å². The average Bonchev–Trinajstić information content (AvgIpc) is 2.81. The summed E-state index contributed by atoms with van der Waals surface area (Å²) in [4.78, 5) is 2.49. The van der Waals surface area contributed by atoms with Gasteiger partial charge in [-0.3, -0.25) is 0 Å². The standard InChI is InChI=1S/C14H18ClN3/c1-2-18-7-6-13-12(9-18)14(17-16-13)10-4-3-5-11(15)8-10/h3-5,8,12,14,17H,2,6-7,9H2,1H3. The van der Waals surface area contributed by atoms with Gasteiger partial charge in [0.1, 0.15) is 0 Å². The topological polar surface area (TPSA) is 27.6 Å². The zero-order valence-electron chi connectivity index (χ0n) is 10.6. The maximum atomic E-state index is 6.08. The van der Waals surface area contributed by atoms with E-state index in [-0.39, 0.29) is 6.04 Å². The van der Waals surface area contributed by atoms with Crippen molar-refractivity contribution in [1.82, 2.24) is 10.3 Å². The number of hydrogen-bond acceptors (Lipinski definition) is 3. The van der Waals surface area contributed by atoms with Crippen molar-refractivity contribution in [3.05, 3.63) is 34.9 Å². The van der Waals surface area contributed by atoms with E-state index in [0.29, 0.717) is 5.92 Å². The molecule has 0 aromatic heterocycles. The second-order valence-corrected chi connectivity index (χ2v) is 5.45. The minimum Gasteiger partial charge on any atom is -0.302 e. The normalized spacial score (nSPS) is 27.6. The van der Waals surface area contributed by atoms with E-state index in [4.69, 9.17) is 11.6 Å². The van der Waals surface area contributed by atoms with E-state index in [1.165, 1.54) is 11.3 Å². The monoisotopic (exact) mass is 263 g/mol. The highest BCUT2D eigenvalue weighted by Gasteiger charge is 2.36. The number of benzene rings is 1. The van der Waals surface area contributed by atoms with Crippen molar-refractivity contribution in [2.75, 3.05) is 19.6 Å². The van der Waals surface area contributed by atoms with Crippen LogP contribution in [0.2, 0.25) is 5.02 Å². The van der Waals surface area contributed by atoms with E-state index >= 15 is 0 Å². The molecule has 1 aromatic carbocycles. The minimum absolute atomic E-state index is 0.285. The largest absolute Gasteiger partial charge is 0.302 e. The molecule has 0 spiro atoms. The van der Waals surface area contributed by atoms with Crippen molar-refractivity contribution in [1.29, 1.82) is 0 Å². The fraction of sp³-hybridized carbons (Fsp3) is 0.500. The van der Waals surface area contributed by atoms with Crippen molar-refractivity contribution in [2.45, 2.75) is 19.4 Å². The number of halogens is 1. The molecule has 2 unspecified atom stereocenters. The Labute approximate surface area is 113 Å². The van der Waals surface area contributed by atoms with Crippen LogP contribution in [0, 0.1) is 5.92 Å². The lowest BCUT2D eigenvalue weighted by Gasteiger charge is -2.32. The molecule has 3 rings (SSSR count). The van der Waals surface area contributed by atoms with Crippen LogP contribution < -0.4 is 5.43 Å². The summed E-state index contributed by atoms with van der Waals surface area (Å²) in [6.45, 7) is 5.57. The first-order chi connectivity index (χ1) is 8.78. The molecule has 1 aromatic rings. The zero-order valence-corrected chi connectivity index (χ0v) is 11.3. The molecule has 2 aliphatic heterocycles. The lowest BCUT2D eigenvalue weighted by molar-refractivity contribution is 0.238. The van der Waals surface area contributed by atoms with Gasteiger partial charge in [0.25, 0.3) is 0 Å². The Morgan fingerprint density at radius 2 is 2.39 bits per heavy atom. The van der Waals surface area contributed by atoms with Crippen molar-refractivity contribution in [2.24, 2.45) is 11.0 Å². The predicted octanol–water partition coefficient (Wildman–Crippen LogP) is 2.68. The highest BCUT2D eigenvalue weighted by Crippen LogP contribution is 2.33. The van der Waals surface area contributed by atoms with E-state index in [1.54, 1.807) is 0 Å². The number of fused-ring (bicyclic) bond motifs is 1. The van der Waals surface area contributed by atoms with Crippen molar-refractivity contribution >= 4 is 17.3 Å². The molecule has 1 N–H and O–H groups in total. The first kappa shape index (κ1) is 12.0. The molecular formula is C14H18ClN3. The Bertz CT molecular complexity index is 472. The molecular weight excluding hydrogens is 246 g/mol. The summed E-state index contributed by atoms with van der Waals surface area (Å²) in [6.07, 6.45) is 1.09. The summed E-state index contributed by atoms with van der Waals surface area (Å²) >= 11 is 6.08. The molecule has 0 amide bonds. The van der Waals surface area contributed by atoms with Gasteiger partial charge in [0.05, 0.1) is 6.04 Å². The van der Waals surface area contributed by atoms with E-state index < -0.39 is 0 Å². The third-order valence-electron chi connectivity index (χ3n) is 3.97. The van der Waals surface area contributed by atoms with Crippen LogP contribution in [0.3, 0.4) is 0 Å².